The van der Waals surface area contributed by atoms with Crippen LogP contribution in [0.2, 0.25) is 0 Å². The quantitative estimate of drug-likeness (QED) is 0.569. The molecule has 0 radical (unpaired) electrons. The lowest BCUT2D eigenvalue weighted by Gasteiger charge is -2.14. The number of nitrogens with one attached hydrogen (secondary N) is 1. The molecule has 2 heterocycles. The third-order valence-corrected chi connectivity index (χ3v) is 6.83. The smallest absolute Gasteiger partial charge is 0.340 e. The average Bonchev–Trinajstić information content (AvgIpc) is 2.96. The minimum Gasteiger partial charge on any atom is -0.489 e. The molecule has 3 rings (SSSR count). The van der Waals surface area contributed by atoms with Gasteiger partial charge in [0.2, 0.25) is 5.91 Å². The Balaban J connectivity index is 1.86. The Labute approximate surface area is 169 Å². The molecule has 0 bridgehead atoms. The number of carbonyl (C=O) groups excluding carboxylic acids is 1. The van der Waals surface area contributed by atoms with Gasteiger partial charge in [0.25, 0.3) is 0 Å². The van der Waals surface area contributed by atoms with Gasteiger partial charge >= 0.3 is 5.63 Å². The second-order valence-corrected chi connectivity index (χ2v) is 9.88. The largest absolute Gasteiger partial charge is 0.489 e. The van der Waals surface area contributed by atoms with Gasteiger partial charge in [0.15, 0.2) is 9.84 Å². The van der Waals surface area contributed by atoms with Crippen LogP contribution in [-0.4, -0.2) is 38.5 Å². The number of aryl methyl sites for hydroxylation is 2. The zero-order valence-electron chi connectivity index (χ0n) is 16.8. The summed E-state index contributed by atoms with van der Waals surface area (Å²) in [5.74, 6) is 0.233. The molecule has 0 aliphatic carbocycles. The first-order valence-corrected chi connectivity index (χ1v) is 11.2. The normalized spacial score (nSPS) is 18.0. The summed E-state index contributed by atoms with van der Waals surface area (Å²) in [6.07, 6.45) is 0.235. The molecule has 0 unspecified atom stereocenters. The van der Waals surface area contributed by atoms with Crippen LogP contribution < -0.4 is 15.7 Å². The highest BCUT2D eigenvalue weighted by atomic mass is 32.2. The summed E-state index contributed by atoms with van der Waals surface area (Å²) >= 11 is 0. The van der Waals surface area contributed by atoms with Crippen LogP contribution >= 0.6 is 0 Å². The molecule has 2 aromatic rings. The summed E-state index contributed by atoms with van der Waals surface area (Å²) in [4.78, 5) is 24.9. The average molecular weight is 419 g/mol. The van der Waals surface area contributed by atoms with Crippen LogP contribution in [0.15, 0.2) is 33.5 Å². The van der Waals surface area contributed by atoms with Crippen LogP contribution in [0.3, 0.4) is 0 Å². The Hall–Kier alpha value is -2.61. The maximum atomic E-state index is 12.6. The van der Waals surface area contributed by atoms with Crippen LogP contribution in [0.25, 0.3) is 11.0 Å². The van der Waals surface area contributed by atoms with Gasteiger partial charge in [0.1, 0.15) is 17.9 Å². The van der Waals surface area contributed by atoms with E-state index in [1.54, 1.807) is 19.1 Å². The molecule has 1 aliphatic rings. The van der Waals surface area contributed by atoms with Crippen molar-refractivity contribution in [2.24, 2.45) is 0 Å². The third-order valence-electron chi connectivity index (χ3n) is 5.06. The van der Waals surface area contributed by atoms with Crippen molar-refractivity contribution in [2.45, 2.75) is 39.7 Å². The fourth-order valence-electron chi connectivity index (χ4n) is 3.48. The van der Waals surface area contributed by atoms with E-state index in [-0.39, 0.29) is 29.4 Å². The molecule has 156 valence electrons. The molecule has 1 amide bonds. The lowest BCUT2D eigenvalue weighted by atomic mass is 10.0. The first kappa shape index (κ1) is 21.1. The second kappa shape index (κ2) is 8.02. The van der Waals surface area contributed by atoms with Crippen molar-refractivity contribution in [1.29, 1.82) is 0 Å². The molecule has 0 spiro atoms. The number of fused-ring (bicyclic) bond motifs is 1. The summed E-state index contributed by atoms with van der Waals surface area (Å²) in [6.45, 7) is 9.61. The number of carbonyl (C=O) groups is 1. The number of rotatable bonds is 6. The molecule has 1 aromatic heterocycles. The minimum atomic E-state index is -3.09. The van der Waals surface area contributed by atoms with E-state index in [9.17, 15) is 18.0 Å². The summed E-state index contributed by atoms with van der Waals surface area (Å²) in [7, 11) is -3.09. The molecular weight excluding hydrogens is 394 g/mol. The van der Waals surface area contributed by atoms with Gasteiger partial charge in [0, 0.05) is 17.0 Å². The molecule has 1 aromatic carbocycles. The van der Waals surface area contributed by atoms with Crippen molar-refractivity contribution >= 4 is 26.7 Å². The summed E-state index contributed by atoms with van der Waals surface area (Å²) < 4.78 is 34.3. The van der Waals surface area contributed by atoms with Crippen LogP contribution in [0.5, 0.6) is 5.75 Å². The number of hydrogen-bond donors (Lipinski definition) is 1. The summed E-state index contributed by atoms with van der Waals surface area (Å²) in [5.41, 5.74) is 2.36. The van der Waals surface area contributed by atoms with E-state index in [2.05, 4.69) is 11.9 Å². The Kier molecular flexibility index (Phi) is 5.84. The predicted molar refractivity (Wildman–Crippen MR) is 111 cm³/mol. The maximum Gasteiger partial charge on any atom is 0.340 e. The number of amides is 1. The first-order chi connectivity index (χ1) is 13.6. The van der Waals surface area contributed by atoms with Gasteiger partial charge in [-0.15, -0.1) is 0 Å². The highest BCUT2D eigenvalue weighted by Gasteiger charge is 2.29. The third kappa shape index (κ3) is 4.70. The van der Waals surface area contributed by atoms with Crippen molar-refractivity contribution in [1.82, 2.24) is 5.32 Å². The van der Waals surface area contributed by atoms with Crippen molar-refractivity contribution in [3.8, 4) is 5.75 Å². The molecule has 29 heavy (non-hydrogen) atoms. The van der Waals surface area contributed by atoms with E-state index in [0.717, 1.165) is 11.0 Å². The molecule has 1 fully saturated rings. The standard InChI is InChI=1S/C21H25NO6S/c1-12(2)10-27-18-6-5-16-13(3)17(21(24)28-20(16)14(18)4)9-19(23)22-15-7-8-29(25,26)11-15/h5-6,15H,1,7-11H2,2-4H3,(H,22,23)/t15-/m1/s1. The van der Waals surface area contributed by atoms with Gasteiger partial charge < -0.3 is 14.5 Å². The maximum absolute atomic E-state index is 12.6. The monoisotopic (exact) mass is 419 g/mol. The molecule has 8 heteroatoms. The topological polar surface area (TPSA) is 103 Å². The highest BCUT2D eigenvalue weighted by molar-refractivity contribution is 7.91. The molecule has 7 nitrogen and oxygen atoms in total. The van der Waals surface area contributed by atoms with Crippen LogP contribution in [-0.2, 0) is 21.1 Å². The SMILES string of the molecule is C=C(C)COc1ccc2c(C)c(CC(=O)N[C@@H]3CCS(=O)(=O)C3)c(=O)oc2c1C. The van der Waals surface area contributed by atoms with Crippen LogP contribution in [0.1, 0.15) is 30.0 Å². The zero-order chi connectivity index (χ0) is 21.3. The molecule has 0 saturated carbocycles. The van der Waals surface area contributed by atoms with Crippen LogP contribution in [0, 0.1) is 13.8 Å². The molecule has 1 N–H and O–H groups in total. The van der Waals surface area contributed by atoms with Crippen molar-refractivity contribution in [2.75, 3.05) is 18.1 Å². The van der Waals surface area contributed by atoms with E-state index < -0.39 is 21.5 Å². The van der Waals surface area contributed by atoms with Crippen molar-refractivity contribution in [3.05, 3.63) is 51.4 Å². The Bertz CT molecular complexity index is 1150. The van der Waals surface area contributed by atoms with Crippen molar-refractivity contribution < 1.29 is 22.4 Å². The number of sulfone groups is 1. The van der Waals surface area contributed by atoms with E-state index in [1.807, 2.05) is 13.8 Å². The van der Waals surface area contributed by atoms with Crippen molar-refractivity contribution in [3.63, 3.8) is 0 Å². The van der Waals surface area contributed by atoms with E-state index >= 15 is 0 Å². The fraction of sp³-hybridized carbons (Fsp3) is 0.429. The van der Waals surface area contributed by atoms with Gasteiger partial charge in [-0.25, -0.2) is 13.2 Å². The van der Waals surface area contributed by atoms with E-state index in [4.69, 9.17) is 9.15 Å². The summed E-state index contributed by atoms with van der Waals surface area (Å²) in [6, 6.07) is 3.20. The second-order valence-electron chi connectivity index (χ2n) is 7.65. The Morgan fingerprint density at radius 3 is 2.66 bits per heavy atom. The number of hydrogen-bond acceptors (Lipinski definition) is 6. The first-order valence-electron chi connectivity index (χ1n) is 9.40. The van der Waals surface area contributed by atoms with Gasteiger partial charge in [0.05, 0.1) is 23.5 Å². The predicted octanol–water partition coefficient (Wildman–Crippen LogP) is 2.21. The Morgan fingerprint density at radius 1 is 1.31 bits per heavy atom. The lowest BCUT2D eigenvalue weighted by Crippen LogP contribution is -2.37. The fourth-order valence-corrected chi connectivity index (χ4v) is 5.15. The summed E-state index contributed by atoms with van der Waals surface area (Å²) in [5, 5.41) is 3.44. The Morgan fingerprint density at radius 2 is 2.03 bits per heavy atom. The van der Waals surface area contributed by atoms with Gasteiger partial charge in [-0.3, -0.25) is 4.79 Å². The highest BCUT2D eigenvalue weighted by Crippen LogP contribution is 2.29. The molecule has 1 atom stereocenters. The number of benzene rings is 1. The van der Waals surface area contributed by atoms with Crippen LogP contribution in [0.4, 0.5) is 0 Å². The zero-order valence-corrected chi connectivity index (χ0v) is 17.6. The van der Waals surface area contributed by atoms with E-state index in [0.29, 0.717) is 35.5 Å². The number of ether oxygens (including phenoxy) is 1. The molecule has 1 saturated heterocycles. The minimum absolute atomic E-state index is 0.0593. The lowest BCUT2D eigenvalue weighted by molar-refractivity contribution is -0.121. The molecular formula is C21H25NO6S. The van der Waals surface area contributed by atoms with E-state index in [1.165, 1.54) is 0 Å². The van der Waals surface area contributed by atoms with Gasteiger partial charge in [-0.05, 0) is 50.5 Å². The molecule has 1 aliphatic heterocycles. The van der Waals surface area contributed by atoms with Gasteiger partial charge in [-0.1, -0.05) is 6.58 Å². The van der Waals surface area contributed by atoms with Gasteiger partial charge in [-0.2, -0.15) is 0 Å².